The van der Waals surface area contributed by atoms with Crippen molar-refractivity contribution in [2.75, 3.05) is 13.1 Å². The Balaban J connectivity index is 1.54. The van der Waals surface area contributed by atoms with E-state index in [0.717, 1.165) is 23.9 Å². The van der Waals surface area contributed by atoms with Gasteiger partial charge in [-0.25, -0.2) is 27.3 Å². The number of ether oxygens (including phenoxy) is 1. The molecule has 4 amide bonds. The summed E-state index contributed by atoms with van der Waals surface area (Å²) >= 11 is 0. The van der Waals surface area contributed by atoms with Crippen LogP contribution in [0.3, 0.4) is 0 Å². The number of aromatic nitrogens is 1. The standard InChI is InChI=1S/C24H22FN5O7S/c25-18-6-1-15(2-7-18)11-12-27-22(32)16-3-8-19(9-4-16)38(35,36)30-23(33)17-5-10-21(28-14-17)37-24(34)29-20(31)13-26/h1-10,14H,11-13,26H2,(H,27,32)(H,30,33)(H,29,31,34). The molecule has 0 aliphatic heterocycles. The highest BCUT2D eigenvalue weighted by Gasteiger charge is 2.20. The van der Waals surface area contributed by atoms with Gasteiger partial charge in [0, 0.05) is 24.4 Å². The SMILES string of the molecule is NCC(=O)NC(=O)Oc1ccc(C(=O)NS(=O)(=O)c2ccc(C(=O)NCCc3ccc(F)cc3)cc2)cn1. The Bertz CT molecular complexity index is 1430. The third-order valence-electron chi connectivity index (χ3n) is 4.89. The topological polar surface area (TPSA) is 187 Å². The number of nitrogens with one attached hydrogen (secondary N) is 3. The van der Waals surface area contributed by atoms with Crippen LogP contribution in [0.15, 0.2) is 71.8 Å². The highest BCUT2D eigenvalue weighted by molar-refractivity contribution is 7.90. The number of carbonyl (C=O) groups is 4. The van der Waals surface area contributed by atoms with Crippen molar-refractivity contribution in [2.24, 2.45) is 5.73 Å². The van der Waals surface area contributed by atoms with Gasteiger partial charge in [-0.15, -0.1) is 0 Å². The van der Waals surface area contributed by atoms with Crippen LogP contribution in [0.1, 0.15) is 26.3 Å². The Hall–Kier alpha value is -4.69. The lowest BCUT2D eigenvalue weighted by molar-refractivity contribution is -0.118. The highest BCUT2D eigenvalue weighted by atomic mass is 32.2. The van der Waals surface area contributed by atoms with Crippen molar-refractivity contribution >= 4 is 33.8 Å². The van der Waals surface area contributed by atoms with Gasteiger partial charge >= 0.3 is 6.09 Å². The van der Waals surface area contributed by atoms with E-state index in [9.17, 15) is 32.0 Å². The normalized spacial score (nSPS) is 10.8. The summed E-state index contributed by atoms with van der Waals surface area (Å²) in [5, 5.41) is 4.52. The second kappa shape index (κ2) is 12.5. The van der Waals surface area contributed by atoms with Crippen molar-refractivity contribution in [3.8, 4) is 5.88 Å². The van der Waals surface area contributed by atoms with Gasteiger partial charge in [0.2, 0.25) is 11.8 Å². The van der Waals surface area contributed by atoms with Crippen molar-refractivity contribution in [3.05, 3.63) is 89.4 Å². The fourth-order valence-corrected chi connectivity index (χ4v) is 3.93. The van der Waals surface area contributed by atoms with Crippen LogP contribution in [-0.2, 0) is 21.2 Å². The molecule has 0 spiro atoms. The summed E-state index contributed by atoms with van der Waals surface area (Å²) in [6.45, 7) is -0.139. The summed E-state index contributed by atoms with van der Waals surface area (Å²) in [6, 6.07) is 13.1. The largest absolute Gasteiger partial charge is 0.420 e. The fraction of sp³-hybridized carbons (Fsp3) is 0.125. The number of halogens is 1. The molecular formula is C24H22FN5O7S. The van der Waals surface area contributed by atoms with E-state index in [1.54, 1.807) is 12.1 Å². The summed E-state index contributed by atoms with van der Waals surface area (Å²) in [5.74, 6) is -2.82. The van der Waals surface area contributed by atoms with E-state index < -0.39 is 40.4 Å². The van der Waals surface area contributed by atoms with E-state index in [-0.39, 0.29) is 34.3 Å². The Morgan fingerprint density at radius 3 is 2.16 bits per heavy atom. The molecule has 38 heavy (non-hydrogen) atoms. The molecule has 0 saturated carbocycles. The zero-order valence-electron chi connectivity index (χ0n) is 19.6. The number of imide groups is 1. The highest BCUT2D eigenvalue weighted by Crippen LogP contribution is 2.13. The lowest BCUT2D eigenvalue weighted by Gasteiger charge is -2.09. The molecule has 0 saturated heterocycles. The number of carbonyl (C=O) groups excluding carboxylic acids is 4. The molecule has 2 aromatic carbocycles. The number of sulfonamides is 1. The van der Waals surface area contributed by atoms with Crippen molar-refractivity contribution in [1.29, 1.82) is 0 Å². The molecule has 3 rings (SSSR count). The maximum absolute atomic E-state index is 13.0. The summed E-state index contributed by atoms with van der Waals surface area (Å²) < 4.78 is 44.8. The summed E-state index contributed by atoms with van der Waals surface area (Å²) in [5.41, 5.74) is 5.95. The minimum atomic E-state index is -4.29. The number of pyridine rings is 1. The molecule has 0 atom stereocenters. The third kappa shape index (κ3) is 7.91. The van der Waals surface area contributed by atoms with Crippen molar-refractivity contribution < 1.29 is 36.7 Å². The van der Waals surface area contributed by atoms with Crippen molar-refractivity contribution in [3.63, 3.8) is 0 Å². The van der Waals surface area contributed by atoms with Crippen LogP contribution in [0.5, 0.6) is 5.88 Å². The van der Waals surface area contributed by atoms with Gasteiger partial charge in [-0.05, 0) is 54.4 Å². The van der Waals surface area contributed by atoms with Crippen molar-refractivity contribution in [1.82, 2.24) is 20.3 Å². The van der Waals surface area contributed by atoms with Gasteiger partial charge in [-0.3, -0.25) is 19.7 Å². The maximum atomic E-state index is 13.0. The fourth-order valence-electron chi connectivity index (χ4n) is 2.96. The molecule has 0 unspecified atom stereocenters. The number of nitrogens with two attached hydrogens (primary N) is 1. The van der Waals surface area contributed by atoms with Crippen LogP contribution in [0.2, 0.25) is 0 Å². The van der Waals surface area contributed by atoms with Gasteiger partial charge in [0.1, 0.15) is 5.82 Å². The minimum absolute atomic E-state index is 0.156. The molecule has 12 nitrogen and oxygen atoms in total. The Morgan fingerprint density at radius 2 is 1.55 bits per heavy atom. The van der Waals surface area contributed by atoms with E-state index in [2.05, 4.69) is 10.3 Å². The zero-order valence-corrected chi connectivity index (χ0v) is 20.5. The number of nitrogens with zero attached hydrogens (tertiary/aromatic N) is 1. The van der Waals surface area contributed by atoms with Gasteiger partial charge < -0.3 is 15.8 Å². The quantitative estimate of drug-likeness (QED) is 0.304. The first-order chi connectivity index (χ1) is 18.1. The first-order valence-electron chi connectivity index (χ1n) is 10.9. The molecule has 1 heterocycles. The van der Waals surface area contributed by atoms with E-state index in [0.29, 0.717) is 6.42 Å². The van der Waals surface area contributed by atoms with Gasteiger partial charge in [-0.2, -0.15) is 0 Å². The second-order valence-electron chi connectivity index (χ2n) is 7.62. The molecule has 0 aliphatic carbocycles. The number of benzene rings is 2. The van der Waals surface area contributed by atoms with Crippen LogP contribution < -0.4 is 25.8 Å². The molecule has 5 N–H and O–H groups in total. The summed E-state index contributed by atoms with van der Waals surface area (Å²) in [6.07, 6.45) is 0.323. The molecule has 14 heteroatoms. The van der Waals surface area contributed by atoms with E-state index in [4.69, 9.17) is 10.5 Å². The molecule has 0 fully saturated rings. The molecule has 0 bridgehead atoms. The van der Waals surface area contributed by atoms with E-state index in [1.165, 1.54) is 36.4 Å². The molecule has 3 aromatic rings. The maximum Gasteiger partial charge on any atom is 0.420 e. The van der Waals surface area contributed by atoms with Crippen LogP contribution in [0, 0.1) is 5.82 Å². The lowest BCUT2D eigenvalue weighted by Crippen LogP contribution is -2.37. The molecule has 0 aliphatic rings. The van der Waals surface area contributed by atoms with Crippen molar-refractivity contribution in [2.45, 2.75) is 11.3 Å². The van der Waals surface area contributed by atoms with Crippen LogP contribution in [-0.4, -0.2) is 50.3 Å². The van der Waals surface area contributed by atoms with Crippen LogP contribution >= 0.6 is 0 Å². The Kier molecular flexibility index (Phi) is 9.18. The number of hydrogen-bond donors (Lipinski definition) is 4. The van der Waals surface area contributed by atoms with Gasteiger partial charge in [0.15, 0.2) is 0 Å². The average Bonchev–Trinajstić information content (AvgIpc) is 2.89. The van der Waals surface area contributed by atoms with Gasteiger partial charge in [0.25, 0.3) is 21.8 Å². The Labute approximate surface area is 216 Å². The average molecular weight is 544 g/mol. The number of rotatable bonds is 9. The van der Waals surface area contributed by atoms with Gasteiger partial charge in [0.05, 0.1) is 17.0 Å². The Morgan fingerprint density at radius 1 is 0.895 bits per heavy atom. The van der Waals surface area contributed by atoms with E-state index in [1.807, 2.05) is 10.0 Å². The van der Waals surface area contributed by atoms with Gasteiger partial charge in [-0.1, -0.05) is 12.1 Å². The smallest absolute Gasteiger partial charge is 0.391 e. The molecule has 0 radical (unpaired) electrons. The zero-order chi connectivity index (χ0) is 27.7. The monoisotopic (exact) mass is 543 g/mol. The van der Waals surface area contributed by atoms with E-state index >= 15 is 0 Å². The first-order valence-corrected chi connectivity index (χ1v) is 12.4. The summed E-state index contributed by atoms with van der Waals surface area (Å²) in [4.78, 5) is 50.7. The summed E-state index contributed by atoms with van der Waals surface area (Å²) in [7, 11) is -4.29. The first kappa shape index (κ1) is 27.9. The number of hydrogen-bond acceptors (Lipinski definition) is 9. The molecular weight excluding hydrogens is 521 g/mol. The second-order valence-corrected chi connectivity index (χ2v) is 9.30. The molecule has 198 valence electrons. The minimum Gasteiger partial charge on any atom is -0.391 e. The molecule has 1 aromatic heterocycles. The van der Waals surface area contributed by atoms with Crippen LogP contribution in [0.25, 0.3) is 0 Å². The van der Waals surface area contributed by atoms with Crippen LogP contribution in [0.4, 0.5) is 9.18 Å². The predicted molar refractivity (Wildman–Crippen MR) is 131 cm³/mol. The lowest BCUT2D eigenvalue weighted by atomic mass is 10.1. The predicted octanol–water partition coefficient (Wildman–Crippen LogP) is 0.886. The number of amides is 4. The third-order valence-corrected chi connectivity index (χ3v) is 6.24.